The van der Waals surface area contributed by atoms with Crippen LogP contribution in [0.15, 0.2) is 18.2 Å². The molecule has 1 aliphatic rings. The Morgan fingerprint density at radius 2 is 2.04 bits per heavy atom. The molecular weight excluding hydrogens is 304 g/mol. The monoisotopic (exact) mass is 332 g/mol. The van der Waals surface area contributed by atoms with Gasteiger partial charge in [0.1, 0.15) is 11.8 Å². The lowest BCUT2D eigenvalue weighted by Gasteiger charge is -2.34. The molecule has 0 bridgehead atoms. The summed E-state index contributed by atoms with van der Waals surface area (Å²) in [5, 5.41) is 19.5. The molecule has 1 atom stereocenters. The molecule has 1 aromatic carbocycles. The Hall–Kier alpha value is -1.65. The average molecular weight is 332 g/mol. The maximum Gasteiger partial charge on any atom is 0.136 e. The van der Waals surface area contributed by atoms with Crippen molar-refractivity contribution in [2.75, 3.05) is 60.5 Å². The molecule has 1 aliphatic heterocycles. The number of ether oxygens (including phenoxy) is 1. The maximum atomic E-state index is 10.3. The summed E-state index contributed by atoms with van der Waals surface area (Å²) < 4.78 is 5.17. The quantitative estimate of drug-likeness (QED) is 0.789. The molecule has 6 heteroatoms. The third kappa shape index (κ3) is 5.46. The van der Waals surface area contributed by atoms with Gasteiger partial charge in [-0.2, -0.15) is 5.26 Å². The molecule has 132 valence electrons. The topological polar surface area (TPSA) is 63.0 Å². The number of methoxy groups -OCH3 is 1. The predicted molar refractivity (Wildman–Crippen MR) is 94.0 cm³/mol. The Morgan fingerprint density at radius 1 is 1.33 bits per heavy atom. The summed E-state index contributed by atoms with van der Waals surface area (Å²) in [4.78, 5) is 6.72. The average Bonchev–Trinajstić information content (AvgIpc) is 2.56. The Kier molecular flexibility index (Phi) is 7.00. The first-order valence-corrected chi connectivity index (χ1v) is 8.36. The minimum Gasteiger partial charge on any atom is -0.495 e. The van der Waals surface area contributed by atoms with Gasteiger partial charge in [-0.05, 0) is 31.8 Å². The Bertz CT molecular complexity index is 565. The first-order chi connectivity index (χ1) is 11.5. The highest BCUT2D eigenvalue weighted by molar-refractivity contribution is 5.45. The zero-order valence-corrected chi connectivity index (χ0v) is 14.9. The van der Waals surface area contributed by atoms with E-state index in [2.05, 4.69) is 27.8 Å². The van der Waals surface area contributed by atoms with Crippen LogP contribution < -0.4 is 4.74 Å². The number of piperazine rings is 1. The van der Waals surface area contributed by atoms with Crippen molar-refractivity contribution in [1.29, 1.82) is 5.26 Å². The van der Waals surface area contributed by atoms with Crippen LogP contribution in [0.1, 0.15) is 11.1 Å². The fourth-order valence-electron chi connectivity index (χ4n) is 3.06. The van der Waals surface area contributed by atoms with Crippen LogP contribution >= 0.6 is 0 Å². The number of aliphatic hydroxyl groups excluding tert-OH is 1. The van der Waals surface area contributed by atoms with Crippen LogP contribution in [0.25, 0.3) is 0 Å². The molecule has 1 unspecified atom stereocenters. The minimum absolute atomic E-state index is 0.368. The molecule has 24 heavy (non-hydrogen) atoms. The molecule has 1 heterocycles. The van der Waals surface area contributed by atoms with Crippen molar-refractivity contribution in [3.05, 3.63) is 29.3 Å². The highest BCUT2D eigenvalue weighted by Gasteiger charge is 2.18. The van der Waals surface area contributed by atoms with E-state index in [1.807, 2.05) is 25.2 Å². The SMILES string of the molecule is COc1ccc(CN(C)CC(O)CN2CCN(C)CC2)cc1C#N. The van der Waals surface area contributed by atoms with E-state index >= 15 is 0 Å². The second kappa shape index (κ2) is 9.00. The predicted octanol–water partition coefficient (Wildman–Crippen LogP) is 0.607. The van der Waals surface area contributed by atoms with Crippen LogP contribution in [0.4, 0.5) is 0 Å². The number of likely N-dealkylation sites (N-methyl/N-ethyl adjacent to an activating group) is 2. The summed E-state index contributed by atoms with van der Waals surface area (Å²) in [6.07, 6.45) is -0.368. The Labute approximate surface area is 144 Å². The first kappa shape index (κ1) is 18.7. The van der Waals surface area contributed by atoms with Crippen LogP contribution in [-0.2, 0) is 6.54 Å². The fourth-order valence-corrected chi connectivity index (χ4v) is 3.06. The molecule has 0 radical (unpaired) electrons. The van der Waals surface area contributed by atoms with E-state index in [1.165, 1.54) is 0 Å². The van der Waals surface area contributed by atoms with Gasteiger partial charge in [0.2, 0.25) is 0 Å². The van der Waals surface area contributed by atoms with Gasteiger partial charge in [0.15, 0.2) is 0 Å². The third-order valence-corrected chi connectivity index (χ3v) is 4.42. The molecule has 1 N–H and O–H groups in total. The van der Waals surface area contributed by atoms with Gasteiger partial charge in [0, 0.05) is 45.8 Å². The maximum absolute atomic E-state index is 10.3. The van der Waals surface area contributed by atoms with Crippen LogP contribution in [-0.4, -0.2) is 86.4 Å². The van der Waals surface area contributed by atoms with Gasteiger partial charge >= 0.3 is 0 Å². The van der Waals surface area contributed by atoms with E-state index in [0.717, 1.165) is 31.7 Å². The first-order valence-electron chi connectivity index (χ1n) is 8.36. The minimum atomic E-state index is -0.368. The number of hydrogen-bond donors (Lipinski definition) is 1. The number of nitrogens with zero attached hydrogens (tertiary/aromatic N) is 4. The largest absolute Gasteiger partial charge is 0.495 e. The number of rotatable bonds is 7. The molecule has 0 aliphatic carbocycles. The lowest BCUT2D eigenvalue weighted by Crippen LogP contribution is -2.48. The molecule has 0 aromatic heterocycles. The Morgan fingerprint density at radius 3 is 2.67 bits per heavy atom. The molecule has 1 saturated heterocycles. The van der Waals surface area contributed by atoms with Gasteiger partial charge in [-0.15, -0.1) is 0 Å². The number of β-amino-alcohol motifs (C(OH)–C–C–N with tert-alkyl or cyclic N) is 1. The molecule has 2 rings (SSSR count). The lowest BCUT2D eigenvalue weighted by molar-refractivity contribution is 0.0594. The van der Waals surface area contributed by atoms with Crippen LogP contribution in [0, 0.1) is 11.3 Å². The van der Waals surface area contributed by atoms with E-state index in [0.29, 0.717) is 30.9 Å². The van der Waals surface area contributed by atoms with Crippen LogP contribution in [0.5, 0.6) is 5.75 Å². The summed E-state index contributed by atoms with van der Waals surface area (Å²) in [6, 6.07) is 7.79. The van der Waals surface area contributed by atoms with Crippen molar-refractivity contribution < 1.29 is 9.84 Å². The number of nitriles is 1. The van der Waals surface area contributed by atoms with Gasteiger partial charge in [0.25, 0.3) is 0 Å². The van der Waals surface area contributed by atoms with Gasteiger partial charge in [-0.25, -0.2) is 0 Å². The van der Waals surface area contributed by atoms with Gasteiger partial charge < -0.3 is 14.7 Å². The lowest BCUT2D eigenvalue weighted by atomic mass is 10.1. The van der Waals surface area contributed by atoms with Crippen molar-refractivity contribution >= 4 is 0 Å². The van der Waals surface area contributed by atoms with Crippen molar-refractivity contribution in [1.82, 2.24) is 14.7 Å². The van der Waals surface area contributed by atoms with Gasteiger partial charge in [0.05, 0.1) is 18.8 Å². The number of hydrogen-bond acceptors (Lipinski definition) is 6. The Balaban J connectivity index is 1.82. The second-order valence-corrected chi connectivity index (χ2v) is 6.60. The zero-order chi connectivity index (χ0) is 17.5. The summed E-state index contributed by atoms with van der Waals surface area (Å²) in [6.45, 7) is 6.17. The molecule has 1 fully saturated rings. The standard InChI is InChI=1S/C18H28N4O2/c1-20-6-8-22(9-7-20)14-17(23)13-21(2)12-15-4-5-18(24-3)16(10-15)11-19/h4-5,10,17,23H,6-9,12-14H2,1-3H3. The van der Waals surface area contributed by atoms with Crippen molar-refractivity contribution in [2.24, 2.45) is 0 Å². The second-order valence-electron chi connectivity index (χ2n) is 6.60. The summed E-state index contributed by atoms with van der Waals surface area (Å²) >= 11 is 0. The summed E-state index contributed by atoms with van der Waals surface area (Å²) in [7, 11) is 5.69. The van der Waals surface area contributed by atoms with Crippen molar-refractivity contribution in [2.45, 2.75) is 12.6 Å². The highest BCUT2D eigenvalue weighted by atomic mass is 16.5. The van der Waals surface area contributed by atoms with Crippen molar-refractivity contribution in [3.63, 3.8) is 0 Å². The van der Waals surface area contributed by atoms with Gasteiger partial charge in [-0.3, -0.25) is 9.80 Å². The van der Waals surface area contributed by atoms with Crippen molar-refractivity contribution in [3.8, 4) is 11.8 Å². The van der Waals surface area contributed by atoms with E-state index in [9.17, 15) is 5.11 Å². The molecule has 0 spiro atoms. The molecule has 1 aromatic rings. The van der Waals surface area contributed by atoms with Crippen LogP contribution in [0.2, 0.25) is 0 Å². The van der Waals surface area contributed by atoms with E-state index < -0.39 is 0 Å². The molecule has 0 amide bonds. The summed E-state index contributed by atoms with van der Waals surface area (Å²) in [5.41, 5.74) is 1.59. The molecular formula is C18H28N4O2. The van der Waals surface area contributed by atoms with E-state index in [-0.39, 0.29) is 6.10 Å². The van der Waals surface area contributed by atoms with Gasteiger partial charge in [-0.1, -0.05) is 6.07 Å². The van der Waals surface area contributed by atoms with Crippen LogP contribution in [0.3, 0.4) is 0 Å². The highest BCUT2D eigenvalue weighted by Crippen LogP contribution is 2.19. The fraction of sp³-hybridized carbons (Fsp3) is 0.611. The summed E-state index contributed by atoms with van der Waals surface area (Å²) in [5.74, 6) is 0.596. The number of benzene rings is 1. The van der Waals surface area contributed by atoms with E-state index in [4.69, 9.17) is 10.00 Å². The normalized spacial score (nSPS) is 17.7. The smallest absolute Gasteiger partial charge is 0.136 e. The molecule has 0 saturated carbocycles. The number of aliphatic hydroxyl groups is 1. The zero-order valence-electron chi connectivity index (χ0n) is 14.9. The third-order valence-electron chi connectivity index (χ3n) is 4.42. The van der Waals surface area contributed by atoms with E-state index in [1.54, 1.807) is 7.11 Å². The molecule has 6 nitrogen and oxygen atoms in total.